The fourth-order valence-corrected chi connectivity index (χ4v) is 3.16. The van der Waals surface area contributed by atoms with Gasteiger partial charge in [0.1, 0.15) is 0 Å². The molecule has 1 fully saturated rings. The first-order valence-corrected chi connectivity index (χ1v) is 7.97. The summed E-state index contributed by atoms with van der Waals surface area (Å²) in [6.45, 7) is 6.06. The SMILES string of the molecule is CCCNc1nccc(C(=O)N2CCSC(C)C2)c1F. The number of rotatable bonds is 4. The molecule has 6 heteroatoms. The van der Waals surface area contributed by atoms with E-state index in [9.17, 15) is 9.18 Å². The topological polar surface area (TPSA) is 45.2 Å². The van der Waals surface area contributed by atoms with E-state index in [1.54, 1.807) is 4.90 Å². The maximum absolute atomic E-state index is 14.3. The van der Waals surface area contributed by atoms with Crippen molar-refractivity contribution in [2.45, 2.75) is 25.5 Å². The van der Waals surface area contributed by atoms with Crippen LogP contribution >= 0.6 is 11.8 Å². The lowest BCUT2D eigenvalue weighted by Crippen LogP contribution is -2.41. The molecule has 0 aliphatic carbocycles. The number of hydrogen-bond donors (Lipinski definition) is 1. The number of thioether (sulfide) groups is 1. The van der Waals surface area contributed by atoms with Crippen molar-refractivity contribution in [2.24, 2.45) is 0 Å². The zero-order valence-corrected chi connectivity index (χ0v) is 12.7. The molecule has 0 bridgehead atoms. The van der Waals surface area contributed by atoms with Crippen molar-refractivity contribution in [3.63, 3.8) is 0 Å². The second-order valence-electron chi connectivity index (χ2n) is 4.88. The molecule has 2 heterocycles. The molecule has 0 radical (unpaired) electrons. The van der Waals surface area contributed by atoms with Crippen molar-refractivity contribution < 1.29 is 9.18 Å². The van der Waals surface area contributed by atoms with Gasteiger partial charge in [0.25, 0.3) is 5.91 Å². The standard InChI is InChI=1S/C14H20FN3OS/c1-3-5-16-13-12(15)11(4-6-17-13)14(19)18-7-8-20-10(2)9-18/h4,6,10H,3,5,7-9H2,1-2H3,(H,16,17). The Labute approximate surface area is 123 Å². The molecule has 1 unspecified atom stereocenters. The van der Waals surface area contributed by atoms with Gasteiger partial charge in [-0.2, -0.15) is 11.8 Å². The molecule has 2 rings (SSSR count). The fraction of sp³-hybridized carbons (Fsp3) is 0.571. The number of aromatic nitrogens is 1. The Balaban J connectivity index is 2.17. The van der Waals surface area contributed by atoms with Gasteiger partial charge in [0.15, 0.2) is 11.6 Å². The van der Waals surface area contributed by atoms with Crippen LogP contribution in [0.4, 0.5) is 10.2 Å². The summed E-state index contributed by atoms with van der Waals surface area (Å²) in [6, 6.07) is 1.46. The smallest absolute Gasteiger partial charge is 0.257 e. The van der Waals surface area contributed by atoms with Crippen LogP contribution in [0.1, 0.15) is 30.6 Å². The third kappa shape index (κ3) is 3.42. The normalized spacial score (nSPS) is 18.9. The molecule has 0 aromatic carbocycles. The van der Waals surface area contributed by atoms with Crippen LogP contribution in [-0.4, -0.2) is 46.4 Å². The summed E-state index contributed by atoms with van der Waals surface area (Å²) in [5, 5.41) is 3.31. The molecule has 0 saturated carbocycles. The highest BCUT2D eigenvalue weighted by Gasteiger charge is 2.25. The van der Waals surface area contributed by atoms with Crippen LogP contribution in [0, 0.1) is 5.82 Å². The molecule has 0 spiro atoms. The quantitative estimate of drug-likeness (QED) is 0.928. The van der Waals surface area contributed by atoms with E-state index in [4.69, 9.17) is 0 Å². The van der Waals surface area contributed by atoms with E-state index in [2.05, 4.69) is 17.2 Å². The van der Waals surface area contributed by atoms with Gasteiger partial charge in [0, 0.05) is 36.8 Å². The molecule has 1 aliphatic heterocycles. The Hall–Kier alpha value is -1.30. The van der Waals surface area contributed by atoms with Gasteiger partial charge in [-0.15, -0.1) is 0 Å². The van der Waals surface area contributed by atoms with Crippen LogP contribution in [0.15, 0.2) is 12.3 Å². The molecule has 110 valence electrons. The summed E-state index contributed by atoms with van der Waals surface area (Å²) in [4.78, 5) is 18.1. The lowest BCUT2D eigenvalue weighted by atomic mass is 10.2. The van der Waals surface area contributed by atoms with Crippen LogP contribution < -0.4 is 5.32 Å². The number of anilines is 1. The van der Waals surface area contributed by atoms with Crippen molar-refractivity contribution in [3.05, 3.63) is 23.6 Å². The van der Waals surface area contributed by atoms with E-state index in [0.717, 1.165) is 12.2 Å². The second-order valence-corrected chi connectivity index (χ2v) is 6.43. The summed E-state index contributed by atoms with van der Waals surface area (Å²) in [7, 11) is 0. The minimum Gasteiger partial charge on any atom is -0.368 e. The molecular weight excluding hydrogens is 277 g/mol. The monoisotopic (exact) mass is 297 g/mol. The van der Waals surface area contributed by atoms with Gasteiger partial charge in [-0.25, -0.2) is 9.37 Å². The van der Waals surface area contributed by atoms with E-state index < -0.39 is 5.82 Å². The lowest BCUT2D eigenvalue weighted by molar-refractivity contribution is 0.0758. The van der Waals surface area contributed by atoms with Gasteiger partial charge in [0.05, 0.1) is 5.56 Å². The van der Waals surface area contributed by atoms with E-state index in [1.165, 1.54) is 12.3 Å². The number of carbonyl (C=O) groups excluding carboxylic acids is 1. The number of amides is 1. The number of pyridine rings is 1. The van der Waals surface area contributed by atoms with Crippen molar-refractivity contribution in [1.82, 2.24) is 9.88 Å². The minimum absolute atomic E-state index is 0.109. The van der Waals surface area contributed by atoms with Crippen LogP contribution in [0.25, 0.3) is 0 Å². The number of halogens is 1. The molecular formula is C14H20FN3OS. The second kappa shape index (κ2) is 6.92. The number of nitrogens with one attached hydrogen (secondary N) is 1. The van der Waals surface area contributed by atoms with Crippen LogP contribution in [-0.2, 0) is 0 Å². The van der Waals surface area contributed by atoms with Gasteiger partial charge in [-0.05, 0) is 12.5 Å². The summed E-state index contributed by atoms with van der Waals surface area (Å²) < 4.78 is 14.3. The molecule has 20 heavy (non-hydrogen) atoms. The zero-order valence-electron chi connectivity index (χ0n) is 11.9. The highest BCUT2D eigenvalue weighted by molar-refractivity contribution is 7.99. The summed E-state index contributed by atoms with van der Waals surface area (Å²) in [5.74, 6) is 0.283. The van der Waals surface area contributed by atoms with Crippen molar-refractivity contribution in [3.8, 4) is 0 Å². The van der Waals surface area contributed by atoms with Gasteiger partial charge >= 0.3 is 0 Å². The lowest BCUT2D eigenvalue weighted by Gasteiger charge is -2.30. The van der Waals surface area contributed by atoms with Gasteiger partial charge < -0.3 is 10.2 Å². The summed E-state index contributed by atoms with van der Waals surface area (Å²) in [5.41, 5.74) is 0.109. The molecule has 1 atom stereocenters. The Bertz CT molecular complexity index is 483. The zero-order chi connectivity index (χ0) is 14.5. The third-order valence-electron chi connectivity index (χ3n) is 3.19. The Kier molecular flexibility index (Phi) is 5.23. The summed E-state index contributed by atoms with van der Waals surface area (Å²) in [6.07, 6.45) is 2.36. The van der Waals surface area contributed by atoms with Crippen LogP contribution in [0.2, 0.25) is 0 Å². The van der Waals surface area contributed by atoms with Crippen LogP contribution in [0.3, 0.4) is 0 Å². The number of hydrogen-bond acceptors (Lipinski definition) is 4. The molecule has 1 saturated heterocycles. The van der Waals surface area contributed by atoms with Gasteiger partial charge in [-0.3, -0.25) is 4.79 Å². The predicted octanol–water partition coefficient (Wildman–Crippen LogP) is 2.62. The molecule has 1 amide bonds. The minimum atomic E-state index is -0.545. The maximum Gasteiger partial charge on any atom is 0.257 e. The summed E-state index contributed by atoms with van der Waals surface area (Å²) >= 11 is 1.84. The maximum atomic E-state index is 14.3. The first-order chi connectivity index (χ1) is 9.63. The van der Waals surface area contributed by atoms with Crippen molar-refractivity contribution in [2.75, 3.05) is 30.7 Å². The first kappa shape index (κ1) is 15.1. The Morgan fingerprint density at radius 3 is 3.15 bits per heavy atom. The number of nitrogens with zero attached hydrogens (tertiary/aromatic N) is 2. The Morgan fingerprint density at radius 2 is 2.45 bits per heavy atom. The van der Waals surface area contributed by atoms with E-state index in [-0.39, 0.29) is 17.3 Å². The van der Waals surface area contributed by atoms with Crippen molar-refractivity contribution >= 4 is 23.5 Å². The molecule has 4 nitrogen and oxygen atoms in total. The van der Waals surface area contributed by atoms with E-state index in [0.29, 0.717) is 24.9 Å². The van der Waals surface area contributed by atoms with Gasteiger partial charge in [0.2, 0.25) is 0 Å². The Morgan fingerprint density at radius 1 is 1.65 bits per heavy atom. The largest absolute Gasteiger partial charge is 0.368 e. The first-order valence-electron chi connectivity index (χ1n) is 6.92. The predicted molar refractivity (Wildman–Crippen MR) is 80.8 cm³/mol. The van der Waals surface area contributed by atoms with Crippen LogP contribution in [0.5, 0.6) is 0 Å². The number of carbonyl (C=O) groups is 1. The molecule has 1 N–H and O–H groups in total. The van der Waals surface area contributed by atoms with Crippen molar-refractivity contribution in [1.29, 1.82) is 0 Å². The molecule has 1 aliphatic rings. The third-order valence-corrected chi connectivity index (χ3v) is 4.33. The van der Waals surface area contributed by atoms with E-state index in [1.807, 2.05) is 18.7 Å². The van der Waals surface area contributed by atoms with Gasteiger partial charge in [-0.1, -0.05) is 13.8 Å². The molecule has 1 aromatic heterocycles. The average Bonchev–Trinajstić information content (AvgIpc) is 2.45. The fourth-order valence-electron chi connectivity index (χ4n) is 2.15. The highest BCUT2D eigenvalue weighted by Crippen LogP contribution is 2.22. The molecule has 1 aromatic rings. The highest BCUT2D eigenvalue weighted by atomic mass is 32.2. The average molecular weight is 297 g/mol. The van der Waals surface area contributed by atoms with E-state index >= 15 is 0 Å².